The maximum atomic E-state index is 13.9. The van der Waals surface area contributed by atoms with E-state index in [1.165, 1.54) is 101 Å². The lowest BCUT2D eigenvalue weighted by Crippen LogP contribution is -2.57. The van der Waals surface area contributed by atoms with Crippen LogP contribution in [0, 0.1) is 0 Å². The minimum absolute atomic E-state index is 0. The molecule has 0 aromatic rings. The number of carbonyl (C=O) groups excluding carboxylic acids is 8. The van der Waals surface area contributed by atoms with E-state index in [4.69, 9.17) is 28.7 Å². The molecule has 0 aliphatic rings. The molecule has 0 saturated heterocycles. The molecule has 20 N–H and O–H groups in total. The first-order valence-corrected chi connectivity index (χ1v) is 36.2. The van der Waals surface area contributed by atoms with Gasteiger partial charge in [-0.05, 0) is 77.2 Å². The van der Waals surface area contributed by atoms with Crippen LogP contribution in [0.2, 0.25) is 0 Å². The van der Waals surface area contributed by atoms with Crippen molar-refractivity contribution in [2.45, 2.75) is 281 Å². The molecule has 0 aliphatic heterocycles. The van der Waals surface area contributed by atoms with Gasteiger partial charge < -0.3 is 81.4 Å². The van der Waals surface area contributed by atoms with Crippen molar-refractivity contribution in [2.75, 3.05) is 68.9 Å². The molecule has 90 heavy (non-hydrogen) atoms. The summed E-state index contributed by atoms with van der Waals surface area (Å²) >= 11 is 2.61. The Morgan fingerprint density at radius 1 is 0.322 bits per heavy atom. The molecule has 0 heterocycles. The predicted molar refractivity (Wildman–Crippen MR) is 373 cm³/mol. The van der Waals surface area contributed by atoms with Crippen LogP contribution in [0.4, 0.5) is 0 Å². The van der Waals surface area contributed by atoms with Gasteiger partial charge in [-0.25, -0.2) is 0 Å². The normalized spacial score (nSPS) is 13.8. The number of amides is 8. The predicted octanol–water partition coefficient (Wildman–Crippen LogP) is 4.89. The van der Waals surface area contributed by atoms with E-state index in [0.717, 1.165) is 83.5 Å². The monoisotopic (exact) mass is 1360 g/mol. The number of halogens is 2. The number of hydrogen-bond donors (Lipinski definition) is 15. The molecule has 27 heteroatoms. The standard InChI is InChI=1S/C63H125N13O10S2.2ClH/c1-4-7-10-12-14-16-18-20-22-29-38-71-60(83)52(44-77)73-62(85)54(75-58(81)50(67)35-26-31-40-69-56(79)48(65)33-24-9-6-3)46-87-42-43-88-47-55(76-59(82)51(68)36-27-32-41-70-57(80)49(66)34-25-28-37-64)63(86)74-53(45-78)61(84)72-39-30-23-21-19-17-15-13-11-8-5-2;;/h48-55,77-78H,4-47,64-68H2,1-3H3,(H,69,79)(H,70,80)(H,71,83)(H,72,84)(H,73,85)(H,74,86)(H,75,81)(H,76,82);2*1H. The Labute approximate surface area is 562 Å². The number of aliphatic hydroxyl groups is 2. The second kappa shape index (κ2) is 63.2. The summed E-state index contributed by atoms with van der Waals surface area (Å²) in [5, 5.41) is 42.4. The van der Waals surface area contributed by atoms with Crippen molar-refractivity contribution in [1.82, 2.24) is 42.5 Å². The van der Waals surface area contributed by atoms with Crippen LogP contribution in [0.3, 0.4) is 0 Å². The van der Waals surface area contributed by atoms with Gasteiger partial charge in [0.15, 0.2) is 0 Å². The highest BCUT2D eigenvalue weighted by molar-refractivity contribution is 8.03. The summed E-state index contributed by atoms with van der Waals surface area (Å²) < 4.78 is 0. The molecule has 0 spiro atoms. The maximum absolute atomic E-state index is 13.9. The maximum Gasteiger partial charge on any atom is 0.244 e. The Balaban J connectivity index is -0.0000378. The van der Waals surface area contributed by atoms with Crippen LogP contribution in [-0.2, 0) is 38.4 Å². The Morgan fingerprint density at radius 2 is 0.567 bits per heavy atom. The van der Waals surface area contributed by atoms with E-state index in [2.05, 4.69) is 63.3 Å². The van der Waals surface area contributed by atoms with Gasteiger partial charge in [0.05, 0.1) is 37.4 Å². The second-order valence-electron chi connectivity index (χ2n) is 23.5. The molecule has 0 aromatic carbocycles. The minimum Gasteiger partial charge on any atom is -0.394 e. The van der Waals surface area contributed by atoms with Crippen LogP contribution in [0.5, 0.6) is 0 Å². The van der Waals surface area contributed by atoms with Gasteiger partial charge in [0, 0.05) is 49.2 Å². The number of thioether (sulfide) groups is 2. The summed E-state index contributed by atoms with van der Waals surface area (Å²) in [5.41, 5.74) is 30.2. The summed E-state index contributed by atoms with van der Waals surface area (Å²) in [7, 11) is 0. The van der Waals surface area contributed by atoms with E-state index < -0.39 is 97.0 Å². The molecular weight excluding hydrogens is 1230 g/mol. The molecule has 8 unspecified atom stereocenters. The van der Waals surface area contributed by atoms with Crippen molar-refractivity contribution in [2.24, 2.45) is 28.7 Å². The average molecular weight is 1360 g/mol. The number of nitrogens with one attached hydrogen (secondary N) is 8. The fourth-order valence-electron chi connectivity index (χ4n) is 9.58. The highest BCUT2D eigenvalue weighted by Crippen LogP contribution is 2.15. The Morgan fingerprint density at radius 3 is 0.878 bits per heavy atom. The topological polar surface area (TPSA) is 403 Å². The lowest BCUT2D eigenvalue weighted by molar-refractivity contribution is -0.132. The molecule has 8 atom stereocenters. The average Bonchev–Trinajstić information content (AvgIpc) is 3.56. The van der Waals surface area contributed by atoms with Crippen LogP contribution >= 0.6 is 48.3 Å². The number of unbranched alkanes of at least 4 members (excludes halogenated alkanes) is 23. The largest absolute Gasteiger partial charge is 0.394 e. The first kappa shape index (κ1) is 91.0. The van der Waals surface area contributed by atoms with E-state index in [9.17, 15) is 48.6 Å². The molecular formula is C63H127Cl2N13O10S2. The molecule has 0 rings (SSSR count). The fraction of sp³-hybridized carbons (Fsp3) is 0.873. The quantitative estimate of drug-likeness (QED) is 0.0361. The summed E-state index contributed by atoms with van der Waals surface area (Å²) in [5.74, 6) is -3.33. The minimum atomic E-state index is -1.28. The van der Waals surface area contributed by atoms with E-state index in [0.29, 0.717) is 82.8 Å². The van der Waals surface area contributed by atoms with Crippen molar-refractivity contribution in [3.8, 4) is 0 Å². The SMILES string of the molecule is CCCCCCCCCCCCNC(=O)C(CO)NC(=O)C(CSCCSCC(NC(=O)C(N)CCCCNC(=O)C(N)CCCCN)C(=O)NC(CO)C(=O)NCCCCCCCCCCCC)NC(=O)C(N)CCCCNC(=O)C(N)CCCCC.Cl.Cl. The van der Waals surface area contributed by atoms with Crippen LogP contribution in [0.1, 0.15) is 233 Å². The molecule has 0 radical (unpaired) electrons. The van der Waals surface area contributed by atoms with E-state index in [1.54, 1.807) is 0 Å². The van der Waals surface area contributed by atoms with Crippen molar-refractivity contribution in [3.63, 3.8) is 0 Å². The third-order valence-electron chi connectivity index (χ3n) is 15.4. The van der Waals surface area contributed by atoms with Crippen molar-refractivity contribution in [1.29, 1.82) is 0 Å². The third kappa shape index (κ3) is 49.4. The number of aliphatic hydroxyl groups excluding tert-OH is 2. The number of carbonyl (C=O) groups is 8. The van der Waals surface area contributed by atoms with Crippen molar-refractivity contribution >= 4 is 95.6 Å². The Bertz CT molecular complexity index is 1720. The third-order valence-corrected chi connectivity index (χ3v) is 17.8. The smallest absolute Gasteiger partial charge is 0.244 e. The summed E-state index contributed by atoms with van der Waals surface area (Å²) in [6.07, 6.45) is 30.7. The zero-order valence-corrected chi connectivity index (χ0v) is 58.7. The van der Waals surface area contributed by atoms with E-state index >= 15 is 0 Å². The molecule has 23 nitrogen and oxygen atoms in total. The van der Waals surface area contributed by atoms with Crippen LogP contribution in [-0.4, -0.2) is 175 Å². The van der Waals surface area contributed by atoms with Crippen molar-refractivity contribution < 1.29 is 48.6 Å². The molecule has 0 aromatic heterocycles. The van der Waals surface area contributed by atoms with E-state index in [-0.39, 0.29) is 61.0 Å². The van der Waals surface area contributed by atoms with Gasteiger partial charge in [-0.1, -0.05) is 162 Å². The number of rotatable bonds is 61. The van der Waals surface area contributed by atoms with Gasteiger partial charge in [-0.3, -0.25) is 38.4 Å². The second-order valence-corrected chi connectivity index (χ2v) is 25.8. The fourth-order valence-corrected chi connectivity index (χ4v) is 11.8. The van der Waals surface area contributed by atoms with Gasteiger partial charge in [0.2, 0.25) is 47.3 Å². The zero-order valence-electron chi connectivity index (χ0n) is 55.4. The Kier molecular flexibility index (Phi) is 63.8. The lowest BCUT2D eigenvalue weighted by Gasteiger charge is -2.24. The first-order chi connectivity index (χ1) is 42.5. The summed E-state index contributed by atoms with van der Waals surface area (Å²) in [6, 6.07) is -8.13. The van der Waals surface area contributed by atoms with Gasteiger partial charge in [-0.2, -0.15) is 23.5 Å². The molecule has 0 aliphatic carbocycles. The number of nitrogens with two attached hydrogens (primary N) is 5. The zero-order chi connectivity index (χ0) is 65.4. The van der Waals surface area contributed by atoms with Crippen LogP contribution in [0.25, 0.3) is 0 Å². The molecule has 0 fully saturated rings. The summed E-state index contributed by atoms with van der Waals surface area (Å²) in [4.78, 5) is 106. The highest BCUT2D eigenvalue weighted by atomic mass is 35.5. The lowest BCUT2D eigenvalue weighted by atomic mass is 10.1. The van der Waals surface area contributed by atoms with Crippen LogP contribution in [0.15, 0.2) is 0 Å². The van der Waals surface area contributed by atoms with Gasteiger partial charge in [-0.15, -0.1) is 24.8 Å². The van der Waals surface area contributed by atoms with Gasteiger partial charge in [0.25, 0.3) is 0 Å². The Hall–Kier alpha value is -3.24. The summed E-state index contributed by atoms with van der Waals surface area (Å²) in [6.45, 7) is 7.11. The van der Waals surface area contributed by atoms with E-state index in [1.807, 2.05) is 0 Å². The van der Waals surface area contributed by atoms with Crippen molar-refractivity contribution in [3.05, 3.63) is 0 Å². The molecule has 8 amide bonds. The number of hydrogen-bond acceptors (Lipinski definition) is 17. The van der Waals surface area contributed by atoms with Gasteiger partial charge >= 0.3 is 0 Å². The van der Waals surface area contributed by atoms with Crippen LogP contribution < -0.4 is 71.2 Å². The molecule has 530 valence electrons. The highest BCUT2D eigenvalue weighted by Gasteiger charge is 2.30. The molecule has 0 bridgehead atoms. The first-order valence-electron chi connectivity index (χ1n) is 33.9. The molecule has 0 saturated carbocycles. The van der Waals surface area contributed by atoms with Gasteiger partial charge in [0.1, 0.15) is 24.2 Å².